The number of hydrogen-bond acceptors (Lipinski definition) is 8. The molecule has 0 spiro atoms. The topological polar surface area (TPSA) is 120 Å². The fourth-order valence-corrected chi connectivity index (χ4v) is 5.14. The van der Waals surface area contributed by atoms with Gasteiger partial charge < -0.3 is 29.6 Å². The summed E-state index contributed by atoms with van der Waals surface area (Å²) >= 11 is 5.33. The molecule has 1 aliphatic heterocycles. The minimum absolute atomic E-state index is 0.0178. The van der Waals surface area contributed by atoms with Crippen molar-refractivity contribution in [3.8, 4) is 17.2 Å². The molecule has 0 unspecified atom stereocenters. The molecule has 12 heteroatoms. The molecule has 1 amide bonds. The number of ether oxygens (including phenoxy) is 4. The lowest BCUT2D eigenvalue weighted by atomic mass is 9.95. The molecule has 3 aromatic rings. The Morgan fingerprint density at radius 2 is 1.79 bits per heavy atom. The molecule has 1 atom stereocenters. The van der Waals surface area contributed by atoms with Crippen molar-refractivity contribution in [1.82, 2.24) is 16.1 Å². The van der Waals surface area contributed by atoms with E-state index in [0.717, 1.165) is 5.56 Å². The third-order valence-corrected chi connectivity index (χ3v) is 7.12. The van der Waals surface area contributed by atoms with Gasteiger partial charge in [0.2, 0.25) is 0 Å². The van der Waals surface area contributed by atoms with Gasteiger partial charge in [-0.1, -0.05) is 42.5 Å². The second kappa shape index (κ2) is 16.9. The fraction of sp³-hybridized carbons (Fsp3) is 0.257. The lowest BCUT2D eigenvalue weighted by Crippen LogP contribution is -2.45. The number of amides is 1. The highest BCUT2D eigenvalue weighted by Gasteiger charge is 2.32. The standard InChI is InChI=1S/C35H37FN4O6S/c1-5-12-24-17-23(18-29(43-6-2)33(24)46-20-25-13-8-10-15-27(25)36)19-37-40-30(41)21-45-28-16-11-9-14-26(28)32-31(34(42)44-7-3)22(4)38-35(47)39-32/h5,8-11,13-19,32H,1,6-7,12,20-21H2,2-4H3,(H,40,41)(H2,38,39,47)/t32-/m1/s1. The fourth-order valence-electron chi connectivity index (χ4n) is 4.87. The van der Waals surface area contributed by atoms with Gasteiger partial charge in [-0.05, 0) is 69.2 Å². The van der Waals surface area contributed by atoms with Gasteiger partial charge in [-0.3, -0.25) is 4.79 Å². The molecule has 3 N–H and O–H groups in total. The average molecular weight is 661 g/mol. The first-order valence-electron chi connectivity index (χ1n) is 15.0. The van der Waals surface area contributed by atoms with Crippen LogP contribution in [-0.2, 0) is 27.4 Å². The molecule has 1 heterocycles. The minimum Gasteiger partial charge on any atom is -0.490 e. The largest absolute Gasteiger partial charge is 0.490 e. The van der Waals surface area contributed by atoms with Crippen molar-refractivity contribution in [1.29, 1.82) is 0 Å². The molecular formula is C35H37FN4O6S. The number of para-hydroxylation sites is 1. The van der Waals surface area contributed by atoms with Crippen molar-refractivity contribution in [3.05, 3.63) is 113 Å². The number of allylic oxidation sites excluding steroid dienone is 2. The number of carbonyl (C=O) groups excluding carboxylic acids is 2. The van der Waals surface area contributed by atoms with Gasteiger partial charge in [0.15, 0.2) is 23.2 Å². The van der Waals surface area contributed by atoms with Crippen LogP contribution in [0.4, 0.5) is 4.39 Å². The van der Waals surface area contributed by atoms with Crippen molar-refractivity contribution >= 4 is 35.4 Å². The van der Waals surface area contributed by atoms with Crippen LogP contribution in [0.25, 0.3) is 0 Å². The van der Waals surface area contributed by atoms with Crippen molar-refractivity contribution in [2.45, 2.75) is 39.8 Å². The molecule has 0 aliphatic carbocycles. The zero-order valence-electron chi connectivity index (χ0n) is 26.4. The van der Waals surface area contributed by atoms with Gasteiger partial charge in [0.05, 0.1) is 31.0 Å². The molecule has 10 nitrogen and oxygen atoms in total. The minimum atomic E-state index is -0.650. The first-order valence-corrected chi connectivity index (χ1v) is 15.4. The number of nitrogens with one attached hydrogen (secondary N) is 3. The number of thiocarbonyl (C=S) groups is 1. The summed E-state index contributed by atoms with van der Waals surface area (Å²) in [4.78, 5) is 25.5. The highest BCUT2D eigenvalue weighted by molar-refractivity contribution is 7.80. The Kier molecular flexibility index (Phi) is 12.5. The Morgan fingerprint density at radius 1 is 1.02 bits per heavy atom. The number of carbonyl (C=O) groups is 2. The highest BCUT2D eigenvalue weighted by atomic mass is 32.1. The zero-order valence-corrected chi connectivity index (χ0v) is 27.2. The number of nitrogens with zero attached hydrogens (tertiary/aromatic N) is 1. The van der Waals surface area contributed by atoms with Gasteiger partial charge in [0, 0.05) is 22.4 Å². The maximum Gasteiger partial charge on any atom is 0.338 e. The van der Waals surface area contributed by atoms with E-state index in [1.807, 2.05) is 13.0 Å². The smallest absolute Gasteiger partial charge is 0.338 e. The average Bonchev–Trinajstić information content (AvgIpc) is 3.04. The number of halogens is 1. The summed E-state index contributed by atoms with van der Waals surface area (Å²) < 4.78 is 37.2. The monoisotopic (exact) mass is 660 g/mol. The molecule has 0 bridgehead atoms. The second-order valence-corrected chi connectivity index (χ2v) is 10.6. The summed E-state index contributed by atoms with van der Waals surface area (Å²) in [5.41, 5.74) is 5.80. The molecule has 0 radical (unpaired) electrons. The first-order chi connectivity index (χ1) is 22.7. The van der Waals surface area contributed by atoms with Gasteiger partial charge in [-0.15, -0.1) is 6.58 Å². The maximum atomic E-state index is 14.2. The number of esters is 1. The Labute approximate surface area is 278 Å². The Balaban J connectivity index is 1.46. The normalized spacial score (nSPS) is 14.2. The summed E-state index contributed by atoms with van der Waals surface area (Å²) in [6, 6.07) is 16.3. The van der Waals surface area contributed by atoms with Gasteiger partial charge in [-0.25, -0.2) is 14.6 Å². The first kappa shape index (κ1) is 34.6. The lowest BCUT2D eigenvalue weighted by molar-refractivity contribution is -0.139. The van der Waals surface area contributed by atoms with Crippen molar-refractivity contribution in [2.75, 3.05) is 19.8 Å². The molecule has 3 aromatic carbocycles. The van der Waals surface area contributed by atoms with Crippen LogP contribution in [0.5, 0.6) is 17.2 Å². The molecule has 0 aromatic heterocycles. The van der Waals surface area contributed by atoms with E-state index in [9.17, 15) is 14.0 Å². The van der Waals surface area contributed by atoms with Crippen LogP contribution in [0.1, 0.15) is 49.1 Å². The number of hydrazone groups is 1. The van der Waals surface area contributed by atoms with Gasteiger partial charge in [-0.2, -0.15) is 5.10 Å². The summed E-state index contributed by atoms with van der Waals surface area (Å²) in [6.07, 6.45) is 3.65. The van der Waals surface area contributed by atoms with Crippen LogP contribution in [0.15, 0.2) is 89.7 Å². The molecule has 0 saturated carbocycles. The van der Waals surface area contributed by atoms with Gasteiger partial charge in [0.1, 0.15) is 18.2 Å². The SMILES string of the molecule is C=CCc1cc(C=NNC(=O)COc2ccccc2[C@H]2NC(=S)NC(C)=C2C(=O)OCC)cc(OCC)c1OCc1ccccc1F. The molecule has 47 heavy (non-hydrogen) atoms. The molecule has 1 aliphatic rings. The van der Waals surface area contributed by atoms with E-state index in [1.54, 1.807) is 68.5 Å². The molecule has 0 fully saturated rings. The van der Waals surface area contributed by atoms with Crippen LogP contribution < -0.4 is 30.3 Å². The quantitative estimate of drug-likeness (QED) is 0.0646. The van der Waals surface area contributed by atoms with Gasteiger partial charge >= 0.3 is 5.97 Å². The highest BCUT2D eigenvalue weighted by Crippen LogP contribution is 2.35. The Morgan fingerprint density at radius 3 is 2.53 bits per heavy atom. The Bertz CT molecular complexity index is 1690. The van der Waals surface area contributed by atoms with E-state index in [-0.39, 0.29) is 25.6 Å². The summed E-state index contributed by atoms with van der Waals surface area (Å²) in [5, 5.41) is 10.5. The summed E-state index contributed by atoms with van der Waals surface area (Å²) in [7, 11) is 0. The third kappa shape index (κ3) is 9.17. The Hall–Kier alpha value is -5.23. The van der Waals surface area contributed by atoms with Gasteiger partial charge in [0.25, 0.3) is 5.91 Å². The van der Waals surface area contributed by atoms with Crippen LogP contribution >= 0.6 is 12.2 Å². The molecule has 246 valence electrons. The van der Waals surface area contributed by atoms with Crippen molar-refractivity contribution in [2.24, 2.45) is 5.10 Å². The van der Waals surface area contributed by atoms with E-state index in [1.165, 1.54) is 12.3 Å². The maximum absolute atomic E-state index is 14.2. The van der Waals surface area contributed by atoms with E-state index in [2.05, 4.69) is 27.7 Å². The van der Waals surface area contributed by atoms with E-state index in [0.29, 0.717) is 63.3 Å². The number of benzene rings is 3. The predicted octanol–water partition coefficient (Wildman–Crippen LogP) is 5.42. The van der Waals surface area contributed by atoms with Crippen molar-refractivity contribution in [3.63, 3.8) is 0 Å². The van der Waals surface area contributed by atoms with E-state index in [4.69, 9.17) is 31.2 Å². The number of hydrogen-bond donors (Lipinski definition) is 3. The predicted molar refractivity (Wildman–Crippen MR) is 181 cm³/mol. The van der Waals surface area contributed by atoms with Crippen LogP contribution in [0.2, 0.25) is 0 Å². The summed E-state index contributed by atoms with van der Waals surface area (Å²) in [5.74, 6) is -0.0547. The van der Waals surface area contributed by atoms with E-state index < -0.39 is 17.9 Å². The van der Waals surface area contributed by atoms with Crippen LogP contribution in [0.3, 0.4) is 0 Å². The van der Waals surface area contributed by atoms with E-state index >= 15 is 0 Å². The second-order valence-electron chi connectivity index (χ2n) is 10.2. The van der Waals surface area contributed by atoms with Crippen molar-refractivity contribution < 1.29 is 32.9 Å². The number of rotatable bonds is 15. The lowest BCUT2D eigenvalue weighted by Gasteiger charge is -2.30. The zero-order chi connectivity index (χ0) is 33.8. The molecule has 4 rings (SSSR count). The molecular weight excluding hydrogens is 623 g/mol. The van der Waals surface area contributed by atoms with Crippen LogP contribution in [-0.4, -0.2) is 43.0 Å². The molecule has 0 saturated heterocycles. The summed E-state index contributed by atoms with van der Waals surface area (Å²) in [6.45, 7) is 9.39. The van der Waals surface area contributed by atoms with Crippen LogP contribution in [0, 0.1) is 5.82 Å². The third-order valence-electron chi connectivity index (χ3n) is 6.90.